The summed E-state index contributed by atoms with van der Waals surface area (Å²) in [7, 11) is 0. The van der Waals surface area contributed by atoms with Gasteiger partial charge < -0.3 is 5.11 Å². The molecule has 0 aromatic heterocycles. The molecule has 0 radical (unpaired) electrons. The smallest absolute Gasteiger partial charge is 0.331 e. The van der Waals surface area contributed by atoms with Crippen LogP contribution in [0.25, 0.3) is 0 Å². The van der Waals surface area contributed by atoms with Crippen LogP contribution in [-0.2, 0) is 4.79 Å². The molecule has 0 aromatic carbocycles. The molecule has 0 bridgehead atoms. The average Bonchev–Trinajstić information content (AvgIpc) is 2.14. The molecular formula is C13H22O2. The third-order valence-electron chi connectivity index (χ3n) is 2.88. The fourth-order valence-electron chi connectivity index (χ4n) is 2.23. The highest BCUT2D eigenvalue weighted by atomic mass is 16.4. The van der Waals surface area contributed by atoms with Crippen LogP contribution in [-0.4, -0.2) is 11.1 Å². The maximum Gasteiger partial charge on any atom is 0.331 e. The first-order valence-electron chi connectivity index (χ1n) is 5.86. The van der Waals surface area contributed by atoms with Gasteiger partial charge in [0.25, 0.3) is 0 Å². The maximum absolute atomic E-state index is 11.2. The highest BCUT2D eigenvalue weighted by molar-refractivity contribution is 5.87. The van der Waals surface area contributed by atoms with E-state index in [1.807, 2.05) is 6.08 Å². The monoisotopic (exact) mass is 210 g/mol. The van der Waals surface area contributed by atoms with Crippen LogP contribution in [0.15, 0.2) is 11.6 Å². The van der Waals surface area contributed by atoms with Crippen molar-refractivity contribution in [3.63, 3.8) is 0 Å². The van der Waals surface area contributed by atoms with E-state index < -0.39 is 5.97 Å². The summed E-state index contributed by atoms with van der Waals surface area (Å²) in [5.41, 5.74) is 0.604. The van der Waals surface area contributed by atoms with Crippen molar-refractivity contribution in [2.24, 2.45) is 11.3 Å². The Bertz CT molecular complexity index is 252. The van der Waals surface area contributed by atoms with Gasteiger partial charge in [0.05, 0.1) is 0 Å². The topological polar surface area (TPSA) is 37.3 Å². The van der Waals surface area contributed by atoms with Crippen LogP contribution in [0.2, 0.25) is 0 Å². The van der Waals surface area contributed by atoms with Crippen molar-refractivity contribution >= 4 is 5.97 Å². The third kappa shape index (κ3) is 4.06. The molecule has 1 saturated carbocycles. The van der Waals surface area contributed by atoms with Gasteiger partial charge in [-0.1, -0.05) is 46.1 Å². The lowest BCUT2D eigenvalue weighted by molar-refractivity contribution is -0.133. The molecule has 0 unspecified atom stereocenters. The Morgan fingerprint density at radius 1 is 1.20 bits per heavy atom. The van der Waals surface area contributed by atoms with E-state index in [4.69, 9.17) is 0 Å². The van der Waals surface area contributed by atoms with E-state index in [2.05, 4.69) is 20.8 Å². The number of hydrogen-bond acceptors (Lipinski definition) is 1. The van der Waals surface area contributed by atoms with Crippen molar-refractivity contribution in [1.29, 1.82) is 0 Å². The average molecular weight is 210 g/mol. The van der Waals surface area contributed by atoms with Crippen LogP contribution in [0.1, 0.15) is 52.9 Å². The summed E-state index contributed by atoms with van der Waals surface area (Å²) >= 11 is 0. The molecule has 2 nitrogen and oxygen atoms in total. The quantitative estimate of drug-likeness (QED) is 0.707. The normalized spacial score (nSPS) is 20.3. The number of carbonyl (C=O) groups is 1. The second-order valence-corrected chi connectivity index (χ2v) is 5.61. The minimum absolute atomic E-state index is 0.0365. The molecule has 0 spiro atoms. The number of rotatable bonds is 2. The van der Waals surface area contributed by atoms with E-state index in [9.17, 15) is 9.90 Å². The van der Waals surface area contributed by atoms with Crippen LogP contribution in [0.3, 0.4) is 0 Å². The molecule has 0 amide bonds. The third-order valence-corrected chi connectivity index (χ3v) is 2.88. The molecule has 1 fully saturated rings. The van der Waals surface area contributed by atoms with Crippen LogP contribution in [0.4, 0.5) is 0 Å². The first-order chi connectivity index (χ1) is 6.90. The van der Waals surface area contributed by atoms with E-state index >= 15 is 0 Å². The van der Waals surface area contributed by atoms with Crippen molar-refractivity contribution in [3.8, 4) is 0 Å². The lowest BCUT2D eigenvalue weighted by Gasteiger charge is -2.24. The van der Waals surface area contributed by atoms with E-state index in [0.717, 1.165) is 12.8 Å². The van der Waals surface area contributed by atoms with Crippen LogP contribution < -0.4 is 0 Å². The fraction of sp³-hybridized carbons (Fsp3) is 0.769. The van der Waals surface area contributed by atoms with Gasteiger partial charge in [0, 0.05) is 5.57 Å². The van der Waals surface area contributed by atoms with Crippen molar-refractivity contribution in [2.75, 3.05) is 0 Å². The largest absolute Gasteiger partial charge is 0.478 e. The van der Waals surface area contributed by atoms with E-state index in [0.29, 0.717) is 5.57 Å². The summed E-state index contributed by atoms with van der Waals surface area (Å²) in [5, 5.41) is 9.22. The van der Waals surface area contributed by atoms with Crippen molar-refractivity contribution in [1.82, 2.24) is 0 Å². The van der Waals surface area contributed by atoms with Crippen molar-refractivity contribution in [2.45, 2.75) is 52.9 Å². The molecule has 1 rings (SSSR count). The summed E-state index contributed by atoms with van der Waals surface area (Å²) in [6.07, 6.45) is 7.66. The van der Waals surface area contributed by atoms with E-state index in [-0.39, 0.29) is 11.3 Å². The van der Waals surface area contributed by atoms with Crippen LogP contribution >= 0.6 is 0 Å². The number of aliphatic carboxylic acids is 1. The van der Waals surface area contributed by atoms with Crippen molar-refractivity contribution in [3.05, 3.63) is 11.6 Å². The number of hydrogen-bond donors (Lipinski definition) is 1. The molecule has 1 aliphatic rings. The predicted molar refractivity (Wildman–Crippen MR) is 61.7 cm³/mol. The first-order valence-corrected chi connectivity index (χ1v) is 5.86. The summed E-state index contributed by atoms with van der Waals surface area (Å²) in [4.78, 5) is 11.2. The lowest BCUT2D eigenvalue weighted by atomic mass is 9.80. The molecule has 0 atom stereocenters. The first kappa shape index (κ1) is 12.3. The molecule has 1 N–H and O–H groups in total. The highest BCUT2D eigenvalue weighted by Crippen LogP contribution is 2.32. The number of allylic oxidation sites excluding steroid dienone is 1. The van der Waals surface area contributed by atoms with Gasteiger partial charge in [-0.3, -0.25) is 0 Å². The molecule has 0 saturated heterocycles. The Morgan fingerprint density at radius 3 is 2.13 bits per heavy atom. The molecule has 15 heavy (non-hydrogen) atoms. The Hall–Kier alpha value is -0.790. The Kier molecular flexibility index (Phi) is 3.95. The SMILES string of the molecule is CC(C)(C)/C=C(/C(=O)O)C1CCCCC1. The zero-order valence-corrected chi connectivity index (χ0v) is 10.0. The molecular weight excluding hydrogens is 188 g/mol. The zero-order valence-electron chi connectivity index (χ0n) is 10.0. The van der Waals surface area contributed by atoms with E-state index in [1.165, 1.54) is 19.3 Å². The molecule has 86 valence electrons. The maximum atomic E-state index is 11.2. The van der Waals surface area contributed by atoms with Crippen LogP contribution in [0, 0.1) is 11.3 Å². The number of carboxylic acid groups (broad SMARTS) is 1. The standard InChI is InChI=1S/C13H22O2/c1-13(2,3)9-11(12(14)15)10-7-5-4-6-8-10/h9-10H,4-8H2,1-3H3,(H,14,15)/b11-9+. The predicted octanol–water partition coefficient (Wildman–Crippen LogP) is 3.62. The van der Waals surface area contributed by atoms with Gasteiger partial charge >= 0.3 is 5.97 Å². The van der Waals surface area contributed by atoms with Crippen LogP contribution in [0.5, 0.6) is 0 Å². The van der Waals surface area contributed by atoms with Gasteiger partial charge in [-0.15, -0.1) is 0 Å². The molecule has 1 aliphatic carbocycles. The van der Waals surface area contributed by atoms with Gasteiger partial charge in [-0.2, -0.15) is 0 Å². The van der Waals surface area contributed by atoms with Gasteiger partial charge in [0.1, 0.15) is 0 Å². The second kappa shape index (κ2) is 4.82. The summed E-state index contributed by atoms with van der Waals surface area (Å²) in [5.74, 6) is -0.438. The highest BCUT2D eigenvalue weighted by Gasteiger charge is 2.24. The summed E-state index contributed by atoms with van der Waals surface area (Å²) in [6, 6.07) is 0. The minimum atomic E-state index is -0.725. The Morgan fingerprint density at radius 2 is 1.73 bits per heavy atom. The lowest BCUT2D eigenvalue weighted by Crippen LogP contribution is -2.18. The summed E-state index contributed by atoms with van der Waals surface area (Å²) in [6.45, 7) is 6.16. The molecule has 0 aliphatic heterocycles. The Labute approximate surface area is 92.4 Å². The second-order valence-electron chi connectivity index (χ2n) is 5.61. The summed E-state index contributed by atoms with van der Waals surface area (Å²) < 4.78 is 0. The minimum Gasteiger partial charge on any atom is -0.478 e. The zero-order chi connectivity index (χ0) is 11.5. The van der Waals surface area contributed by atoms with Gasteiger partial charge in [-0.05, 0) is 24.2 Å². The Balaban J connectivity index is 2.82. The van der Waals surface area contributed by atoms with Gasteiger partial charge in [0.15, 0.2) is 0 Å². The van der Waals surface area contributed by atoms with Gasteiger partial charge in [-0.25, -0.2) is 4.79 Å². The molecule has 0 aromatic rings. The molecule has 0 heterocycles. The number of carboxylic acids is 1. The van der Waals surface area contributed by atoms with Gasteiger partial charge in [0.2, 0.25) is 0 Å². The molecule has 2 heteroatoms. The van der Waals surface area contributed by atoms with Crippen molar-refractivity contribution < 1.29 is 9.90 Å². The van der Waals surface area contributed by atoms with E-state index in [1.54, 1.807) is 0 Å². The fourth-order valence-corrected chi connectivity index (χ4v) is 2.23.